The summed E-state index contributed by atoms with van der Waals surface area (Å²) in [4.78, 5) is 2.61. The lowest BCUT2D eigenvalue weighted by molar-refractivity contribution is -0.000240. The number of likely N-dealkylation sites (tertiary alicyclic amines) is 1. The number of benzene rings is 1. The standard InChI is InChI=1S/C18H25NO2/c1-2-4-16(5-3-1)12-20-17-10-18(21-13-17)8-9-19(14-18)11-15-6-7-15/h1-5,15,17H,6-14H2/t17-,18+/m1/s1. The van der Waals surface area contributed by atoms with Crippen LogP contribution in [0.3, 0.4) is 0 Å². The molecule has 3 heteroatoms. The Morgan fingerprint density at radius 1 is 1.24 bits per heavy atom. The van der Waals surface area contributed by atoms with Gasteiger partial charge < -0.3 is 14.4 Å². The van der Waals surface area contributed by atoms with Gasteiger partial charge in [-0.3, -0.25) is 0 Å². The van der Waals surface area contributed by atoms with E-state index in [-0.39, 0.29) is 11.7 Å². The highest BCUT2D eigenvalue weighted by Gasteiger charge is 2.46. The van der Waals surface area contributed by atoms with Gasteiger partial charge in [0.05, 0.1) is 24.9 Å². The minimum atomic E-state index is 0.0935. The molecule has 0 amide bonds. The Morgan fingerprint density at radius 2 is 2.10 bits per heavy atom. The van der Waals surface area contributed by atoms with Crippen molar-refractivity contribution in [2.24, 2.45) is 5.92 Å². The van der Waals surface area contributed by atoms with Gasteiger partial charge in [-0.15, -0.1) is 0 Å². The van der Waals surface area contributed by atoms with Crippen LogP contribution in [0.2, 0.25) is 0 Å². The van der Waals surface area contributed by atoms with E-state index < -0.39 is 0 Å². The van der Waals surface area contributed by atoms with Gasteiger partial charge in [0.15, 0.2) is 0 Å². The highest BCUT2D eigenvalue weighted by Crippen LogP contribution is 2.38. The first-order valence-corrected chi connectivity index (χ1v) is 8.33. The predicted molar refractivity (Wildman–Crippen MR) is 82.1 cm³/mol. The van der Waals surface area contributed by atoms with E-state index in [4.69, 9.17) is 9.47 Å². The molecule has 2 heterocycles. The minimum absolute atomic E-state index is 0.0935. The molecule has 0 radical (unpaired) electrons. The zero-order valence-electron chi connectivity index (χ0n) is 12.7. The first-order chi connectivity index (χ1) is 10.3. The minimum Gasteiger partial charge on any atom is -0.371 e. The van der Waals surface area contributed by atoms with Gasteiger partial charge in [-0.1, -0.05) is 30.3 Å². The van der Waals surface area contributed by atoms with E-state index in [1.807, 2.05) is 6.07 Å². The van der Waals surface area contributed by atoms with Crippen LogP contribution in [0.1, 0.15) is 31.2 Å². The Hall–Kier alpha value is -0.900. The zero-order valence-corrected chi connectivity index (χ0v) is 12.7. The smallest absolute Gasteiger partial charge is 0.0847 e. The molecule has 4 rings (SSSR count). The van der Waals surface area contributed by atoms with Gasteiger partial charge >= 0.3 is 0 Å². The van der Waals surface area contributed by atoms with Crippen molar-refractivity contribution in [3.8, 4) is 0 Å². The molecule has 1 aliphatic carbocycles. The summed E-state index contributed by atoms with van der Waals surface area (Å²) in [7, 11) is 0. The summed E-state index contributed by atoms with van der Waals surface area (Å²) in [6, 6.07) is 10.4. The van der Waals surface area contributed by atoms with Crippen molar-refractivity contribution >= 4 is 0 Å². The van der Waals surface area contributed by atoms with Crippen molar-refractivity contribution in [3.63, 3.8) is 0 Å². The highest BCUT2D eigenvalue weighted by atomic mass is 16.6. The largest absolute Gasteiger partial charge is 0.371 e. The molecule has 0 N–H and O–H groups in total. The average Bonchev–Trinajstić information content (AvgIpc) is 3.11. The fraction of sp³-hybridized carbons (Fsp3) is 0.667. The number of hydrogen-bond acceptors (Lipinski definition) is 3. The maximum atomic E-state index is 6.17. The van der Waals surface area contributed by atoms with Crippen LogP contribution in [0, 0.1) is 5.92 Å². The molecule has 114 valence electrons. The molecule has 21 heavy (non-hydrogen) atoms. The summed E-state index contributed by atoms with van der Waals surface area (Å²) in [5.41, 5.74) is 1.34. The van der Waals surface area contributed by atoms with Crippen molar-refractivity contribution < 1.29 is 9.47 Å². The van der Waals surface area contributed by atoms with Crippen LogP contribution in [-0.4, -0.2) is 42.8 Å². The third-order valence-corrected chi connectivity index (χ3v) is 5.11. The molecular formula is C18H25NO2. The first kappa shape index (κ1) is 13.7. The average molecular weight is 287 g/mol. The predicted octanol–water partition coefficient (Wildman–Crippen LogP) is 2.85. The quantitative estimate of drug-likeness (QED) is 0.831. The molecule has 0 bridgehead atoms. The zero-order chi connectivity index (χ0) is 14.1. The molecule has 3 aliphatic rings. The van der Waals surface area contributed by atoms with Crippen molar-refractivity contribution in [3.05, 3.63) is 35.9 Å². The van der Waals surface area contributed by atoms with Crippen LogP contribution in [0.4, 0.5) is 0 Å². The summed E-state index contributed by atoms with van der Waals surface area (Å²) < 4.78 is 12.2. The number of hydrogen-bond donors (Lipinski definition) is 0. The third kappa shape index (κ3) is 3.31. The van der Waals surface area contributed by atoms with E-state index in [0.717, 1.165) is 25.5 Å². The lowest BCUT2D eigenvalue weighted by Crippen LogP contribution is -2.33. The fourth-order valence-corrected chi connectivity index (χ4v) is 3.73. The molecule has 1 spiro atoms. The van der Waals surface area contributed by atoms with Gasteiger partial charge in [0.25, 0.3) is 0 Å². The molecule has 2 saturated heterocycles. The van der Waals surface area contributed by atoms with E-state index >= 15 is 0 Å². The Morgan fingerprint density at radius 3 is 2.90 bits per heavy atom. The lowest BCUT2D eigenvalue weighted by Gasteiger charge is -2.23. The van der Waals surface area contributed by atoms with E-state index in [2.05, 4.69) is 29.2 Å². The molecule has 2 aliphatic heterocycles. The Balaban J connectivity index is 1.26. The van der Waals surface area contributed by atoms with Crippen LogP contribution in [0.5, 0.6) is 0 Å². The fourth-order valence-electron chi connectivity index (χ4n) is 3.73. The summed E-state index contributed by atoms with van der Waals surface area (Å²) in [5, 5.41) is 0. The molecule has 3 nitrogen and oxygen atoms in total. The van der Waals surface area contributed by atoms with Gasteiger partial charge in [-0.05, 0) is 30.7 Å². The second kappa shape index (κ2) is 5.71. The van der Waals surface area contributed by atoms with Crippen LogP contribution in [-0.2, 0) is 16.1 Å². The normalized spacial score (nSPS) is 33.0. The maximum absolute atomic E-state index is 6.17. The van der Waals surface area contributed by atoms with Gasteiger partial charge in [0, 0.05) is 26.1 Å². The number of nitrogens with zero attached hydrogens (tertiary/aromatic N) is 1. The van der Waals surface area contributed by atoms with Gasteiger partial charge in [0.2, 0.25) is 0 Å². The summed E-state index contributed by atoms with van der Waals surface area (Å²) in [5.74, 6) is 0.978. The monoisotopic (exact) mass is 287 g/mol. The van der Waals surface area contributed by atoms with Crippen molar-refractivity contribution in [1.82, 2.24) is 4.90 Å². The van der Waals surface area contributed by atoms with E-state index in [1.54, 1.807) is 0 Å². The summed E-state index contributed by atoms with van der Waals surface area (Å²) in [6.07, 6.45) is 5.40. The summed E-state index contributed by atoms with van der Waals surface area (Å²) >= 11 is 0. The Kier molecular flexibility index (Phi) is 3.74. The van der Waals surface area contributed by atoms with Crippen LogP contribution in [0.15, 0.2) is 30.3 Å². The third-order valence-electron chi connectivity index (χ3n) is 5.11. The highest BCUT2D eigenvalue weighted by molar-refractivity contribution is 5.13. The molecule has 0 unspecified atom stereocenters. The van der Waals surface area contributed by atoms with Crippen LogP contribution < -0.4 is 0 Å². The van der Waals surface area contributed by atoms with Gasteiger partial charge in [-0.2, -0.15) is 0 Å². The topological polar surface area (TPSA) is 21.7 Å². The second-order valence-electron chi connectivity index (χ2n) is 7.05. The van der Waals surface area contributed by atoms with E-state index in [1.165, 1.54) is 37.9 Å². The van der Waals surface area contributed by atoms with Crippen LogP contribution in [0.25, 0.3) is 0 Å². The van der Waals surface area contributed by atoms with E-state index in [9.17, 15) is 0 Å². The molecular weight excluding hydrogens is 262 g/mol. The molecule has 2 atom stereocenters. The molecule has 1 aromatic rings. The van der Waals surface area contributed by atoms with Crippen molar-refractivity contribution in [2.75, 3.05) is 26.2 Å². The summed E-state index contributed by atoms with van der Waals surface area (Å²) in [6.45, 7) is 5.10. The maximum Gasteiger partial charge on any atom is 0.0847 e. The number of rotatable bonds is 5. The Labute approximate surface area is 127 Å². The van der Waals surface area contributed by atoms with Crippen molar-refractivity contribution in [1.29, 1.82) is 0 Å². The van der Waals surface area contributed by atoms with Crippen LogP contribution >= 0.6 is 0 Å². The molecule has 0 aromatic heterocycles. The molecule has 1 saturated carbocycles. The molecule has 1 aromatic carbocycles. The first-order valence-electron chi connectivity index (χ1n) is 8.33. The lowest BCUT2D eigenvalue weighted by atomic mass is 9.98. The van der Waals surface area contributed by atoms with Gasteiger partial charge in [0.1, 0.15) is 0 Å². The van der Waals surface area contributed by atoms with Crippen molar-refractivity contribution in [2.45, 2.75) is 44.0 Å². The molecule has 3 fully saturated rings. The second-order valence-corrected chi connectivity index (χ2v) is 7.05. The SMILES string of the molecule is c1ccc(CO[C@H]2CO[C@@]3(CCN(CC4CC4)C3)C2)cc1. The number of ether oxygens (including phenoxy) is 2. The van der Waals surface area contributed by atoms with Gasteiger partial charge in [-0.25, -0.2) is 0 Å². The van der Waals surface area contributed by atoms with E-state index in [0.29, 0.717) is 6.61 Å². The Bertz CT molecular complexity index is 473.